The summed E-state index contributed by atoms with van der Waals surface area (Å²) in [6.45, 7) is 0.659. The van der Waals surface area contributed by atoms with Gasteiger partial charge in [-0.25, -0.2) is 0 Å². The lowest BCUT2D eigenvalue weighted by Crippen LogP contribution is -2.02. The fraction of sp³-hybridized carbons (Fsp3) is 0.250. The molecule has 0 radical (unpaired) electrons. The van der Waals surface area contributed by atoms with Gasteiger partial charge < -0.3 is 19.5 Å². The Balaban J connectivity index is 2.08. The van der Waals surface area contributed by atoms with Gasteiger partial charge in [-0.1, -0.05) is 0 Å². The first-order valence-corrected chi connectivity index (χ1v) is 6.35. The van der Waals surface area contributed by atoms with E-state index >= 15 is 0 Å². The average Bonchev–Trinajstić information content (AvgIpc) is 2.53. The molecule has 2 aromatic carbocycles. The third-order valence-electron chi connectivity index (χ3n) is 3.06. The van der Waals surface area contributed by atoms with E-state index in [1.807, 2.05) is 42.5 Å². The molecule has 4 nitrogen and oxygen atoms in total. The average molecular weight is 273 g/mol. The van der Waals surface area contributed by atoms with Crippen molar-refractivity contribution < 1.29 is 14.2 Å². The minimum absolute atomic E-state index is 0.659. The lowest BCUT2D eigenvalue weighted by atomic mass is 10.2. The Morgan fingerprint density at radius 3 is 2.05 bits per heavy atom. The van der Waals surface area contributed by atoms with E-state index in [0.29, 0.717) is 6.54 Å². The number of ether oxygens (including phenoxy) is 3. The Kier molecular flexibility index (Phi) is 4.71. The highest BCUT2D eigenvalue weighted by Crippen LogP contribution is 2.25. The van der Waals surface area contributed by atoms with Crippen LogP contribution in [0.15, 0.2) is 42.5 Å². The highest BCUT2D eigenvalue weighted by Gasteiger charge is 2.05. The van der Waals surface area contributed by atoms with Crippen LogP contribution < -0.4 is 19.5 Å². The monoisotopic (exact) mass is 273 g/mol. The Labute approximate surface area is 119 Å². The molecule has 0 aliphatic rings. The van der Waals surface area contributed by atoms with Crippen LogP contribution in [0.1, 0.15) is 5.56 Å². The van der Waals surface area contributed by atoms with E-state index in [1.165, 1.54) is 0 Å². The van der Waals surface area contributed by atoms with E-state index < -0.39 is 0 Å². The van der Waals surface area contributed by atoms with Gasteiger partial charge in [0.15, 0.2) is 0 Å². The second-order valence-corrected chi connectivity index (χ2v) is 4.26. The first kappa shape index (κ1) is 14.1. The molecule has 0 aliphatic carbocycles. The van der Waals surface area contributed by atoms with Gasteiger partial charge in [0.05, 0.1) is 21.3 Å². The number of benzene rings is 2. The van der Waals surface area contributed by atoms with Gasteiger partial charge in [-0.3, -0.25) is 0 Å². The number of rotatable bonds is 6. The highest BCUT2D eigenvalue weighted by molar-refractivity contribution is 5.48. The molecule has 4 heteroatoms. The number of hydrogen-bond acceptors (Lipinski definition) is 4. The molecule has 2 aromatic rings. The highest BCUT2D eigenvalue weighted by atomic mass is 16.5. The van der Waals surface area contributed by atoms with Crippen molar-refractivity contribution in [3.63, 3.8) is 0 Å². The lowest BCUT2D eigenvalue weighted by molar-refractivity contribution is 0.399. The van der Waals surface area contributed by atoms with Crippen LogP contribution in [0.2, 0.25) is 0 Å². The van der Waals surface area contributed by atoms with Crippen molar-refractivity contribution in [3.8, 4) is 17.2 Å². The summed E-state index contributed by atoms with van der Waals surface area (Å²) in [5.74, 6) is 2.50. The fourth-order valence-electron chi connectivity index (χ4n) is 1.93. The molecule has 0 saturated heterocycles. The SMILES string of the molecule is COc1ccc(NCc2cc(OC)ccc2OC)cc1. The van der Waals surface area contributed by atoms with Crippen LogP contribution in [0.5, 0.6) is 17.2 Å². The second kappa shape index (κ2) is 6.70. The maximum Gasteiger partial charge on any atom is 0.124 e. The first-order chi connectivity index (χ1) is 9.76. The topological polar surface area (TPSA) is 39.7 Å². The number of anilines is 1. The smallest absolute Gasteiger partial charge is 0.124 e. The maximum absolute atomic E-state index is 5.35. The van der Waals surface area contributed by atoms with Gasteiger partial charge in [0, 0.05) is 17.8 Å². The van der Waals surface area contributed by atoms with E-state index in [-0.39, 0.29) is 0 Å². The third-order valence-corrected chi connectivity index (χ3v) is 3.06. The number of methoxy groups -OCH3 is 3. The van der Waals surface area contributed by atoms with Crippen molar-refractivity contribution in [2.24, 2.45) is 0 Å². The summed E-state index contributed by atoms with van der Waals surface area (Å²) in [4.78, 5) is 0. The number of nitrogens with one attached hydrogen (secondary N) is 1. The summed E-state index contributed by atoms with van der Waals surface area (Å²) >= 11 is 0. The van der Waals surface area contributed by atoms with Gasteiger partial charge in [-0.15, -0.1) is 0 Å². The van der Waals surface area contributed by atoms with Crippen LogP contribution in [0.4, 0.5) is 5.69 Å². The standard InChI is InChI=1S/C16H19NO3/c1-18-14-6-4-13(5-7-14)17-11-12-10-15(19-2)8-9-16(12)20-3/h4-10,17H,11H2,1-3H3. The largest absolute Gasteiger partial charge is 0.497 e. The van der Waals surface area contributed by atoms with Crippen molar-refractivity contribution in [2.45, 2.75) is 6.54 Å². The molecule has 0 heterocycles. The molecule has 0 bridgehead atoms. The van der Waals surface area contributed by atoms with E-state index in [9.17, 15) is 0 Å². The van der Waals surface area contributed by atoms with E-state index in [4.69, 9.17) is 14.2 Å². The predicted octanol–water partition coefficient (Wildman–Crippen LogP) is 3.32. The lowest BCUT2D eigenvalue weighted by Gasteiger charge is -2.12. The summed E-state index contributed by atoms with van der Waals surface area (Å²) in [6.07, 6.45) is 0. The van der Waals surface area contributed by atoms with Crippen LogP contribution in [-0.4, -0.2) is 21.3 Å². The van der Waals surface area contributed by atoms with Crippen molar-refractivity contribution >= 4 is 5.69 Å². The molecule has 0 saturated carbocycles. The van der Waals surface area contributed by atoms with Crippen molar-refractivity contribution in [3.05, 3.63) is 48.0 Å². The van der Waals surface area contributed by atoms with Crippen LogP contribution in [0, 0.1) is 0 Å². The van der Waals surface area contributed by atoms with Crippen LogP contribution in [0.3, 0.4) is 0 Å². The Bertz CT molecular complexity index is 552. The molecule has 0 atom stereocenters. The zero-order valence-electron chi connectivity index (χ0n) is 12.0. The summed E-state index contributed by atoms with van der Waals surface area (Å²) in [5, 5.41) is 3.35. The molecule has 0 unspecified atom stereocenters. The molecule has 0 fully saturated rings. The zero-order valence-corrected chi connectivity index (χ0v) is 12.0. The van der Waals surface area contributed by atoms with Crippen LogP contribution in [0.25, 0.3) is 0 Å². The Morgan fingerprint density at radius 1 is 0.800 bits per heavy atom. The molecule has 2 rings (SSSR count). The summed E-state index contributed by atoms with van der Waals surface area (Å²) in [6, 6.07) is 13.6. The molecule has 0 spiro atoms. The predicted molar refractivity (Wildman–Crippen MR) is 79.9 cm³/mol. The molecular weight excluding hydrogens is 254 g/mol. The maximum atomic E-state index is 5.35. The summed E-state index contributed by atoms with van der Waals surface area (Å²) < 4.78 is 15.7. The molecule has 0 aromatic heterocycles. The normalized spacial score (nSPS) is 9.95. The van der Waals surface area contributed by atoms with Gasteiger partial charge in [0.1, 0.15) is 17.2 Å². The summed E-state index contributed by atoms with van der Waals surface area (Å²) in [7, 11) is 4.98. The van der Waals surface area contributed by atoms with E-state index in [2.05, 4.69) is 5.32 Å². The van der Waals surface area contributed by atoms with Gasteiger partial charge in [0.2, 0.25) is 0 Å². The van der Waals surface area contributed by atoms with Gasteiger partial charge in [-0.05, 0) is 42.5 Å². The summed E-state index contributed by atoms with van der Waals surface area (Å²) in [5.41, 5.74) is 2.07. The Morgan fingerprint density at radius 2 is 1.45 bits per heavy atom. The van der Waals surface area contributed by atoms with Gasteiger partial charge in [-0.2, -0.15) is 0 Å². The van der Waals surface area contributed by atoms with Gasteiger partial charge in [0.25, 0.3) is 0 Å². The molecule has 106 valence electrons. The fourth-order valence-corrected chi connectivity index (χ4v) is 1.93. The molecule has 20 heavy (non-hydrogen) atoms. The zero-order chi connectivity index (χ0) is 14.4. The van der Waals surface area contributed by atoms with E-state index in [0.717, 1.165) is 28.5 Å². The quantitative estimate of drug-likeness (QED) is 0.876. The van der Waals surface area contributed by atoms with Crippen molar-refractivity contribution in [1.82, 2.24) is 0 Å². The second-order valence-electron chi connectivity index (χ2n) is 4.26. The van der Waals surface area contributed by atoms with Crippen molar-refractivity contribution in [2.75, 3.05) is 26.6 Å². The van der Waals surface area contributed by atoms with Crippen molar-refractivity contribution in [1.29, 1.82) is 0 Å². The van der Waals surface area contributed by atoms with Crippen LogP contribution >= 0.6 is 0 Å². The molecule has 0 amide bonds. The van der Waals surface area contributed by atoms with E-state index in [1.54, 1.807) is 21.3 Å². The Hall–Kier alpha value is -2.36. The molecular formula is C16H19NO3. The number of hydrogen-bond donors (Lipinski definition) is 1. The minimum Gasteiger partial charge on any atom is -0.497 e. The third kappa shape index (κ3) is 3.35. The molecule has 0 aliphatic heterocycles. The first-order valence-electron chi connectivity index (χ1n) is 6.35. The minimum atomic E-state index is 0.659. The van der Waals surface area contributed by atoms with Gasteiger partial charge >= 0.3 is 0 Å². The van der Waals surface area contributed by atoms with Crippen LogP contribution in [-0.2, 0) is 6.54 Å². The molecule has 1 N–H and O–H groups in total.